The van der Waals surface area contributed by atoms with Crippen molar-refractivity contribution in [3.8, 4) is 11.5 Å². The van der Waals surface area contributed by atoms with Gasteiger partial charge >= 0.3 is 0 Å². The summed E-state index contributed by atoms with van der Waals surface area (Å²) in [5, 5.41) is 16.5. The first-order valence-corrected chi connectivity index (χ1v) is 8.83. The molecule has 1 heterocycles. The lowest BCUT2D eigenvalue weighted by molar-refractivity contribution is 0.232. The summed E-state index contributed by atoms with van der Waals surface area (Å²) in [6, 6.07) is 5.37. The summed E-state index contributed by atoms with van der Waals surface area (Å²) < 4.78 is 5.06. The number of aliphatic imine (C=N–C) groups is 1. The molecule has 1 aliphatic heterocycles. The number of aromatic hydroxyl groups is 1. The fourth-order valence-electron chi connectivity index (χ4n) is 2.86. The molecule has 0 unspecified atom stereocenters. The van der Waals surface area contributed by atoms with Gasteiger partial charge in [0.1, 0.15) is 0 Å². The largest absolute Gasteiger partial charge is 0.504 e. The average Bonchev–Trinajstić information content (AvgIpc) is 2.60. The second kappa shape index (κ2) is 10.0. The van der Waals surface area contributed by atoms with Gasteiger partial charge in [-0.25, -0.2) is 4.99 Å². The highest BCUT2D eigenvalue weighted by molar-refractivity contribution is 5.79. The summed E-state index contributed by atoms with van der Waals surface area (Å²) in [5.74, 6) is 1.44. The number of ether oxygens (including phenoxy) is 1. The maximum Gasteiger partial charge on any atom is 0.191 e. The van der Waals surface area contributed by atoms with Gasteiger partial charge < -0.3 is 25.4 Å². The lowest BCUT2D eigenvalue weighted by atomic mass is 10.1. The van der Waals surface area contributed by atoms with Crippen molar-refractivity contribution in [3.63, 3.8) is 0 Å². The average molecular weight is 334 g/mol. The van der Waals surface area contributed by atoms with E-state index in [0.717, 1.165) is 31.2 Å². The Balaban J connectivity index is 1.84. The van der Waals surface area contributed by atoms with Gasteiger partial charge in [-0.3, -0.25) is 0 Å². The second-order valence-electron chi connectivity index (χ2n) is 6.03. The van der Waals surface area contributed by atoms with Crippen molar-refractivity contribution >= 4 is 5.96 Å². The quantitative estimate of drug-likeness (QED) is 0.525. The predicted molar refractivity (Wildman–Crippen MR) is 97.8 cm³/mol. The zero-order valence-electron chi connectivity index (χ0n) is 14.8. The Kier molecular flexibility index (Phi) is 7.68. The van der Waals surface area contributed by atoms with Crippen LogP contribution in [-0.4, -0.2) is 55.8 Å². The molecule has 0 radical (unpaired) electrons. The number of piperidine rings is 1. The molecule has 6 nitrogen and oxygen atoms in total. The second-order valence-corrected chi connectivity index (χ2v) is 6.03. The minimum Gasteiger partial charge on any atom is -0.504 e. The van der Waals surface area contributed by atoms with E-state index < -0.39 is 0 Å². The molecule has 0 atom stereocenters. The summed E-state index contributed by atoms with van der Waals surface area (Å²) in [6.07, 6.45) is 3.99. The first-order chi connectivity index (χ1) is 11.7. The number of phenolic OH excluding ortho intramolecular Hbond substituents is 1. The molecule has 1 saturated heterocycles. The standard InChI is InChI=1S/C18H30N4O2/c1-3-19-18(20-9-12-22-10-5-4-6-11-22)21-14-15-7-8-17(24-2)16(23)13-15/h7-8,13,23H,3-6,9-12,14H2,1-2H3,(H2,19,20,21). The van der Waals surface area contributed by atoms with Crippen LogP contribution in [0.5, 0.6) is 11.5 Å². The molecule has 0 aromatic heterocycles. The van der Waals surface area contributed by atoms with E-state index in [1.54, 1.807) is 19.2 Å². The van der Waals surface area contributed by atoms with E-state index in [1.165, 1.54) is 32.4 Å². The van der Waals surface area contributed by atoms with Crippen molar-refractivity contribution in [1.29, 1.82) is 0 Å². The normalized spacial score (nSPS) is 16.0. The molecule has 0 amide bonds. The van der Waals surface area contributed by atoms with E-state index in [9.17, 15) is 5.11 Å². The molecule has 0 bridgehead atoms. The van der Waals surface area contributed by atoms with Gasteiger partial charge in [-0.2, -0.15) is 0 Å². The highest BCUT2D eigenvalue weighted by Gasteiger charge is 2.09. The van der Waals surface area contributed by atoms with Crippen LogP contribution in [0.1, 0.15) is 31.7 Å². The van der Waals surface area contributed by atoms with Gasteiger partial charge in [0.25, 0.3) is 0 Å². The van der Waals surface area contributed by atoms with Gasteiger partial charge in [-0.1, -0.05) is 12.5 Å². The summed E-state index contributed by atoms with van der Waals surface area (Å²) in [6.45, 7) is 7.75. The Hall–Kier alpha value is -1.95. The first-order valence-electron chi connectivity index (χ1n) is 8.83. The van der Waals surface area contributed by atoms with Crippen LogP contribution in [0.2, 0.25) is 0 Å². The Labute approximate surface area is 144 Å². The fourth-order valence-corrected chi connectivity index (χ4v) is 2.86. The molecule has 0 saturated carbocycles. The van der Waals surface area contributed by atoms with Crippen LogP contribution >= 0.6 is 0 Å². The third-order valence-electron chi connectivity index (χ3n) is 4.18. The lowest BCUT2D eigenvalue weighted by Gasteiger charge is -2.26. The maximum absolute atomic E-state index is 9.84. The third-order valence-corrected chi connectivity index (χ3v) is 4.18. The number of nitrogens with one attached hydrogen (secondary N) is 2. The molecule has 0 aliphatic carbocycles. The highest BCUT2D eigenvalue weighted by atomic mass is 16.5. The third kappa shape index (κ3) is 5.92. The van der Waals surface area contributed by atoms with E-state index in [1.807, 2.05) is 6.07 Å². The van der Waals surface area contributed by atoms with Crippen LogP contribution < -0.4 is 15.4 Å². The number of guanidine groups is 1. The number of likely N-dealkylation sites (tertiary alicyclic amines) is 1. The van der Waals surface area contributed by atoms with Gasteiger partial charge in [0.15, 0.2) is 17.5 Å². The topological polar surface area (TPSA) is 69.1 Å². The molecular formula is C18H30N4O2. The smallest absolute Gasteiger partial charge is 0.191 e. The number of hydrogen-bond acceptors (Lipinski definition) is 4. The molecule has 2 rings (SSSR count). The summed E-state index contributed by atoms with van der Waals surface area (Å²) in [4.78, 5) is 7.09. The first kappa shape index (κ1) is 18.4. The molecule has 3 N–H and O–H groups in total. The monoisotopic (exact) mass is 334 g/mol. The number of benzene rings is 1. The summed E-state index contributed by atoms with van der Waals surface area (Å²) in [5.41, 5.74) is 0.946. The molecule has 6 heteroatoms. The minimum absolute atomic E-state index is 0.147. The molecule has 1 aromatic rings. The van der Waals surface area contributed by atoms with Crippen molar-refractivity contribution < 1.29 is 9.84 Å². The van der Waals surface area contributed by atoms with Crippen LogP contribution in [0.25, 0.3) is 0 Å². The van der Waals surface area contributed by atoms with Crippen molar-refractivity contribution in [2.75, 3.05) is 39.8 Å². The molecule has 134 valence electrons. The van der Waals surface area contributed by atoms with Gasteiger partial charge in [0, 0.05) is 19.6 Å². The van der Waals surface area contributed by atoms with Crippen LogP contribution in [0.4, 0.5) is 0 Å². The Bertz CT molecular complexity index is 528. The van der Waals surface area contributed by atoms with Crippen LogP contribution in [0, 0.1) is 0 Å². The molecule has 1 aromatic carbocycles. The number of phenols is 1. The number of rotatable bonds is 7. The highest BCUT2D eigenvalue weighted by Crippen LogP contribution is 2.26. The fraction of sp³-hybridized carbons (Fsp3) is 0.611. The van der Waals surface area contributed by atoms with Gasteiger partial charge in [-0.15, -0.1) is 0 Å². The van der Waals surface area contributed by atoms with Crippen LogP contribution in [0.3, 0.4) is 0 Å². The van der Waals surface area contributed by atoms with Gasteiger partial charge in [0.2, 0.25) is 0 Å². The zero-order chi connectivity index (χ0) is 17.2. The number of methoxy groups -OCH3 is 1. The van der Waals surface area contributed by atoms with E-state index in [2.05, 4.69) is 27.4 Å². The van der Waals surface area contributed by atoms with E-state index in [4.69, 9.17) is 4.74 Å². The van der Waals surface area contributed by atoms with Crippen LogP contribution in [-0.2, 0) is 6.54 Å². The Morgan fingerprint density at radius 3 is 2.71 bits per heavy atom. The molecule has 1 aliphatic rings. The van der Waals surface area contributed by atoms with Gasteiger partial charge in [0.05, 0.1) is 13.7 Å². The van der Waals surface area contributed by atoms with Crippen molar-refractivity contribution in [1.82, 2.24) is 15.5 Å². The lowest BCUT2D eigenvalue weighted by Crippen LogP contribution is -2.42. The molecule has 0 spiro atoms. The van der Waals surface area contributed by atoms with Crippen molar-refractivity contribution in [2.45, 2.75) is 32.7 Å². The van der Waals surface area contributed by atoms with Crippen molar-refractivity contribution in [2.24, 2.45) is 4.99 Å². The maximum atomic E-state index is 9.84. The molecule has 1 fully saturated rings. The molecular weight excluding hydrogens is 304 g/mol. The van der Waals surface area contributed by atoms with E-state index in [-0.39, 0.29) is 5.75 Å². The summed E-state index contributed by atoms with van der Waals surface area (Å²) >= 11 is 0. The molecule has 24 heavy (non-hydrogen) atoms. The van der Waals surface area contributed by atoms with E-state index in [0.29, 0.717) is 12.3 Å². The van der Waals surface area contributed by atoms with E-state index >= 15 is 0 Å². The van der Waals surface area contributed by atoms with Gasteiger partial charge in [-0.05, 0) is 50.6 Å². The number of hydrogen-bond donors (Lipinski definition) is 3. The Morgan fingerprint density at radius 1 is 1.25 bits per heavy atom. The number of nitrogens with zero attached hydrogens (tertiary/aromatic N) is 2. The van der Waals surface area contributed by atoms with Crippen LogP contribution in [0.15, 0.2) is 23.2 Å². The Morgan fingerprint density at radius 2 is 2.04 bits per heavy atom. The predicted octanol–water partition coefficient (Wildman–Crippen LogP) is 1.94. The SMILES string of the molecule is CCNC(=NCc1ccc(OC)c(O)c1)NCCN1CCCCC1. The zero-order valence-corrected chi connectivity index (χ0v) is 14.8. The summed E-state index contributed by atoms with van der Waals surface area (Å²) in [7, 11) is 1.54. The van der Waals surface area contributed by atoms with Crippen molar-refractivity contribution in [3.05, 3.63) is 23.8 Å². The minimum atomic E-state index is 0.147.